The summed E-state index contributed by atoms with van der Waals surface area (Å²) in [6, 6.07) is 1.08. The lowest BCUT2D eigenvalue weighted by Crippen LogP contribution is -2.37. The van der Waals surface area contributed by atoms with Gasteiger partial charge >= 0.3 is 5.97 Å². The molecule has 0 bridgehead atoms. The van der Waals surface area contributed by atoms with Crippen molar-refractivity contribution in [3.63, 3.8) is 0 Å². The molecule has 1 heterocycles. The number of carbonyl (C=O) groups excluding carboxylic acids is 1. The Balaban J connectivity index is 2.96. The van der Waals surface area contributed by atoms with Crippen molar-refractivity contribution >= 4 is 33.2 Å². The second-order valence-corrected chi connectivity index (χ2v) is 6.96. The lowest BCUT2D eigenvalue weighted by molar-refractivity contribution is -0.128. The van der Waals surface area contributed by atoms with Gasteiger partial charge in [-0.15, -0.1) is 11.3 Å². The fraction of sp³-hybridized carbons (Fsp3) is 0.400. The summed E-state index contributed by atoms with van der Waals surface area (Å²) in [5.41, 5.74) is 0. The Morgan fingerprint density at radius 2 is 1.89 bits per heavy atom. The van der Waals surface area contributed by atoms with Crippen LogP contribution in [0.2, 0.25) is 0 Å². The smallest absolute Gasteiger partial charge is 0.345 e. The van der Waals surface area contributed by atoms with Crippen LogP contribution in [0.1, 0.15) is 9.67 Å². The van der Waals surface area contributed by atoms with Crippen molar-refractivity contribution in [1.29, 1.82) is 0 Å². The first-order valence-electron chi connectivity index (χ1n) is 5.14. The summed E-state index contributed by atoms with van der Waals surface area (Å²) in [5.74, 6) is -1.54. The van der Waals surface area contributed by atoms with Crippen LogP contribution in [0.3, 0.4) is 0 Å². The molecule has 1 aromatic rings. The maximum absolute atomic E-state index is 12.1. The topological polar surface area (TPSA) is 95.0 Å². The first-order chi connectivity index (χ1) is 8.66. The van der Waals surface area contributed by atoms with Crippen LogP contribution in [0.4, 0.5) is 0 Å². The number of rotatable bonds is 5. The normalized spacial score (nSPS) is 11.6. The third-order valence-corrected chi connectivity index (χ3v) is 5.20. The highest BCUT2D eigenvalue weighted by Gasteiger charge is 2.25. The second kappa shape index (κ2) is 5.68. The molecule has 1 N–H and O–H groups in total. The third-order valence-electron chi connectivity index (χ3n) is 2.35. The molecule has 0 spiro atoms. The van der Waals surface area contributed by atoms with Gasteiger partial charge in [0.25, 0.3) is 0 Å². The molecule has 0 aromatic carbocycles. The maximum Gasteiger partial charge on any atom is 0.345 e. The highest BCUT2D eigenvalue weighted by atomic mass is 32.2. The van der Waals surface area contributed by atoms with Crippen molar-refractivity contribution in [2.24, 2.45) is 0 Å². The van der Waals surface area contributed by atoms with Crippen molar-refractivity contribution in [2.75, 3.05) is 27.7 Å². The molecule has 7 nitrogen and oxygen atoms in total. The van der Waals surface area contributed by atoms with E-state index in [0.29, 0.717) is 0 Å². The Labute approximate surface area is 115 Å². The average molecular weight is 306 g/mol. The van der Waals surface area contributed by atoms with Crippen molar-refractivity contribution in [2.45, 2.75) is 4.90 Å². The summed E-state index contributed by atoms with van der Waals surface area (Å²) in [5, 5.41) is 10.0. The molecule has 0 unspecified atom stereocenters. The van der Waals surface area contributed by atoms with Gasteiger partial charge in [-0.3, -0.25) is 4.79 Å². The minimum atomic E-state index is -3.85. The Morgan fingerprint density at radius 3 is 2.32 bits per heavy atom. The molecule has 1 aromatic heterocycles. The minimum absolute atomic E-state index is 0.0640. The van der Waals surface area contributed by atoms with Crippen molar-refractivity contribution in [3.8, 4) is 0 Å². The Morgan fingerprint density at radius 1 is 1.32 bits per heavy atom. The van der Waals surface area contributed by atoms with Crippen molar-refractivity contribution in [1.82, 2.24) is 9.21 Å². The molecule has 0 atom stereocenters. The van der Waals surface area contributed by atoms with Crippen LogP contribution >= 0.6 is 11.3 Å². The van der Waals surface area contributed by atoms with E-state index < -0.39 is 16.0 Å². The number of carboxylic acids is 1. The molecule has 0 aliphatic rings. The van der Waals surface area contributed by atoms with Gasteiger partial charge in [0.05, 0.1) is 11.4 Å². The summed E-state index contributed by atoms with van der Waals surface area (Å²) in [6.45, 7) is -0.298. The molecule has 0 saturated heterocycles. The average Bonchev–Trinajstić information content (AvgIpc) is 2.78. The number of hydrogen-bond donors (Lipinski definition) is 1. The van der Waals surface area contributed by atoms with Gasteiger partial charge in [-0.1, -0.05) is 0 Å². The molecule has 0 aliphatic carbocycles. The van der Waals surface area contributed by atoms with Gasteiger partial charge in [-0.2, -0.15) is 4.31 Å². The van der Waals surface area contributed by atoms with E-state index in [1.165, 1.54) is 31.4 Å². The summed E-state index contributed by atoms with van der Waals surface area (Å²) >= 11 is 0.826. The molecule has 1 amide bonds. The monoisotopic (exact) mass is 306 g/mol. The van der Waals surface area contributed by atoms with E-state index in [2.05, 4.69) is 0 Å². The zero-order chi connectivity index (χ0) is 14.8. The van der Waals surface area contributed by atoms with E-state index in [9.17, 15) is 18.0 Å². The highest BCUT2D eigenvalue weighted by molar-refractivity contribution is 7.89. The van der Waals surface area contributed by atoms with Crippen LogP contribution in [-0.4, -0.2) is 62.3 Å². The van der Waals surface area contributed by atoms with E-state index >= 15 is 0 Å². The zero-order valence-corrected chi connectivity index (χ0v) is 12.3. The quantitative estimate of drug-likeness (QED) is 0.836. The first-order valence-corrected chi connectivity index (χ1v) is 7.46. The lowest BCUT2D eigenvalue weighted by Gasteiger charge is -2.18. The van der Waals surface area contributed by atoms with Crippen LogP contribution < -0.4 is 0 Å². The van der Waals surface area contributed by atoms with Gasteiger partial charge in [-0.05, 0) is 6.07 Å². The van der Waals surface area contributed by atoms with Gasteiger partial charge in [0.15, 0.2) is 0 Å². The number of likely N-dealkylation sites (N-methyl/N-ethyl adjacent to an activating group) is 2. The van der Waals surface area contributed by atoms with Gasteiger partial charge in [0.1, 0.15) is 4.88 Å². The molecule has 0 saturated carbocycles. The molecule has 0 radical (unpaired) electrons. The van der Waals surface area contributed by atoms with E-state index in [4.69, 9.17) is 5.11 Å². The predicted molar refractivity (Wildman–Crippen MR) is 69.8 cm³/mol. The van der Waals surface area contributed by atoms with E-state index in [1.54, 1.807) is 0 Å². The number of hydrogen-bond acceptors (Lipinski definition) is 5. The van der Waals surface area contributed by atoms with Gasteiger partial charge in [-0.25, -0.2) is 13.2 Å². The van der Waals surface area contributed by atoms with Gasteiger partial charge in [0, 0.05) is 26.5 Å². The van der Waals surface area contributed by atoms with E-state index in [0.717, 1.165) is 21.7 Å². The standard InChI is InChI=1S/C10H14N2O5S2/c1-11(2)9(13)5-12(3)19(16,17)7-4-8(10(14)15)18-6-7/h4,6H,5H2,1-3H3,(H,14,15). The molecular formula is C10H14N2O5S2. The van der Waals surface area contributed by atoms with Crippen LogP contribution in [0.5, 0.6) is 0 Å². The summed E-state index contributed by atoms with van der Waals surface area (Å²) in [7, 11) is 0.473. The fourth-order valence-corrected chi connectivity index (χ4v) is 3.38. The van der Waals surface area contributed by atoms with Gasteiger partial charge in [0.2, 0.25) is 15.9 Å². The third kappa shape index (κ3) is 3.52. The largest absolute Gasteiger partial charge is 0.477 e. The number of sulfonamides is 1. The summed E-state index contributed by atoms with van der Waals surface area (Å²) in [6.07, 6.45) is 0. The maximum atomic E-state index is 12.1. The number of aromatic carboxylic acids is 1. The SMILES string of the molecule is CN(C)C(=O)CN(C)S(=O)(=O)c1csc(C(=O)O)c1. The molecule has 19 heavy (non-hydrogen) atoms. The molecular weight excluding hydrogens is 292 g/mol. The Hall–Kier alpha value is -1.45. The minimum Gasteiger partial charge on any atom is -0.477 e. The predicted octanol–water partition coefficient (Wildman–Crippen LogP) is 0.155. The molecule has 0 fully saturated rings. The molecule has 1 rings (SSSR count). The number of carbonyl (C=O) groups is 2. The molecule has 106 valence electrons. The summed E-state index contributed by atoms with van der Waals surface area (Å²) in [4.78, 5) is 23.3. The summed E-state index contributed by atoms with van der Waals surface area (Å²) < 4.78 is 25.1. The Bertz CT molecular complexity index is 591. The number of carboxylic acid groups (broad SMARTS) is 1. The lowest BCUT2D eigenvalue weighted by atomic mass is 10.5. The Kier molecular flexibility index (Phi) is 4.66. The zero-order valence-electron chi connectivity index (χ0n) is 10.7. The second-order valence-electron chi connectivity index (χ2n) is 4.00. The van der Waals surface area contributed by atoms with Crippen molar-refractivity contribution in [3.05, 3.63) is 16.3 Å². The first kappa shape index (κ1) is 15.6. The number of amides is 1. The van der Waals surface area contributed by atoms with Gasteiger partial charge < -0.3 is 10.0 Å². The van der Waals surface area contributed by atoms with E-state index in [1.807, 2.05) is 0 Å². The van der Waals surface area contributed by atoms with Crippen LogP contribution in [-0.2, 0) is 14.8 Å². The molecule has 0 aliphatic heterocycles. The highest BCUT2D eigenvalue weighted by Crippen LogP contribution is 2.21. The number of nitrogens with zero attached hydrogens (tertiary/aromatic N) is 2. The number of thiophene rings is 1. The van der Waals surface area contributed by atoms with Crippen molar-refractivity contribution < 1.29 is 23.1 Å². The molecule has 9 heteroatoms. The van der Waals surface area contributed by atoms with E-state index in [-0.39, 0.29) is 22.2 Å². The van der Waals surface area contributed by atoms with Crippen LogP contribution in [0.25, 0.3) is 0 Å². The van der Waals surface area contributed by atoms with Crippen LogP contribution in [0.15, 0.2) is 16.3 Å². The fourth-order valence-electron chi connectivity index (χ4n) is 1.16. The van der Waals surface area contributed by atoms with Crippen LogP contribution in [0, 0.1) is 0 Å².